The van der Waals surface area contributed by atoms with Gasteiger partial charge in [-0.05, 0) is 31.4 Å². The molecule has 2 aromatic rings. The zero-order valence-corrected chi connectivity index (χ0v) is 14.0. The van der Waals surface area contributed by atoms with Gasteiger partial charge in [-0.3, -0.25) is 4.79 Å². The van der Waals surface area contributed by atoms with Gasteiger partial charge in [-0.2, -0.15) is 0 Å². The fourth-order valence-corrected chi connectivity index (χ4v) is 3.39. The first kappa shape index (κ1) is 16.0. The minimum atomic E-state index is -0.565. The molecule has 0 spiro atoms. The predicted molar refractivity (Wildman–Crippen MR) is 87.2 cm³/mol. The normalized spacial score (nSPS) is 18.3. The van der Waals surface area contributed by atoms with Gasteiger partial charge in [0.25, 0.3) is 5.91 Å². The topological polar surface area (TPSA) is 38.1 Å². The number of likely N-dealkylation sites (tertiary alicyclic amines) is 1. The number of piperidine rings is 1. The van der Waals surface area contributed by atoms with E-state index in [0.29, 0.717) is 18.7 Å². The highest BCUT2D eigenvalue weighted by Crippen LogP contribution is 2.29. The Kier molecular flexibility index (Phi) is 4.39. The molecule has 2 heterocycles. The number of halogens is 2. The summed E-state index contributed by atoms with van der Waals surface area (Å²) in [4.78, 5) is 18.8. The highest BCUT2D eigenvalue weighted by molar-refractivity contribution is 6.34. The molecule has 4 nitrogen and oxygen atoms in total. The Labute approximate surface area is 139 Å². The number of carbonyl (C=O) groups is 1. The standard InChI is InChI=1S/C17H19ClFN3O/c1-11-5-6-13(19)14(15(11)18)17(23)22-8-3-4-12(10-22)16-20-7-9-21(16)2/h5-7,9,12H,3-4,8,10H2,1-2H3. The van der Waals surface area contributed by atoms with Crippen molar-refractivity contribution in [3.8, 4) is 0 Å². The minimum Gasteiger partial charge on any atom is -0.338 e. The van der Waals surface area contributed by atoms with Gasteiger partial charge in [0.1, 0.15) is 11.6 Å². The molecule has 0 N–H and O–H groups in total. The number of imidazole rings is 1. The van der Waals surface area contributed by atoms with Gasteiger partial charge >= 0.3 is 0 Å². The van der Waals surface area contributed by atoms with Crippen LogP contribution in [0.2, 0.25) is 5.02 Å². The van der Waals surface area contributed by atoms with Gasteiger partial charge in [0.2, 0.25) is 0 Å². The zero-order valence-electron chi connectivity index (χ0n) is 13.2. The predicted octanol–water partition coefficient (Wildman–Crippen LogP) is 3.54. The summed E-state index contributed by atoms with van der Waals surface area (Å²) >= 11 is 6.17. The first-order valence-electron chi connectivity index (χ1n) is 7.70. The Hall–Kier alpha value is -1.88. The molecule has 0 aliphatic carbocycles. The molecule has 1 aliphatic heterocycles. The molecular formula is C17H19ClFN3O. The van der Waals surface area contributed by atoms with Gasteiger partial charge < -0.3 is 9.47 Å². The van der Waals surface area contributed by atoms with E-state index in [9.17, 15) is 9.18 Å². The summed E-state index contributed by atoms with van der Waals surface area (Å²) in [6.07, 6.45) is 5.49. The number of amides is 1. The summed E-state index contributed by atoms with van der Waals surface area (Å²) in [7, 11) is 1.94. The average Bonchev–Trinajstić information content (AvgIpc) is 2.97. The van der Waals surface area contributed by atoms with Crippen LogP contribution in [0.25, 0.3) is 0 Å². The summed E-state index contributed by atoms with van der Waals surface area (Å²) in [5.74, 6) is 0.220. The molecule has 0 saturated carbocycles. The van der Waals surface area contributed by atoms with Crippen molar-refractivity contribution < 1.29 is 9.18 Å². The smallest absolute Gasteiger partial charge is 0.258 e. The number of hydrogen-bond acceptors (Lipinski definition) is 2. The number of carbonyl (C=O) groups excluding carboxylic acids is 1. The number of aryl methyl sites for hydroxylation is 2. The number of benzene rings is 1. The lowest BCUT2D eigenvalue weighted by Crippen LogP contribution is -2.40. The lowest BCUT2D eigenvalue weighted by atomic mass is 9.96. The highest BCUT2D eigenvalue weighted by Gasteiger charge is 2.30. The minimum absolute atomic E-state index is 0.0212. The molecule has 1 fully saturated rings. The summed E-state index contributed by atoms with van der Waals surface area (Å²) in [5, 5.41) is 0.203. The molecule has 122 valence electrons. The number of nitrogens with zero attached hydrogens (tertiary/aromatic N) is 3. The third-order valence-corrected chi connectivity index (χ3v) is 4.92. The largest absolute Gasteiger partial charge is 0.338 e. The van der Waals surface area contributed by atoms with E-state index in [1.165, 1.54) is 6.07 Å². The molecular weight excluding hydrogens is 317 g/mol. The molecule has 23 heavy (non-hydrogen) atoms. The Balaban J connectivity index is 1.86. The van der Waals surface area contributed by atoms with Crippen LogP contribution in [0.3, 0.4) is 0 Å². The number of hydrogen-bond donors (Lipinski definition) is 0. The van der Waals surface area contributed by atoms with Crippen LogP contribution >= 0.6 is 11.6 Å². The van der Waals surface area contributed by atoms with Crippen molar-refractivity contribution in [1.82, 2.24) is 14.5 Å². The summed E-state index contributed by atoms with van der Waals surface area (Å²) in [6, 6.07) is 2.88. The van der Waals surface area contributed by atoms with Gasteiger partial charge in [0.05, 0.1) is 10.6 Å². The molecule has 6 heteroatoms. The third-order valence-electron chi connectivity index (χ3n) is 4.43. The summed E-state index contributed by atoms with van der Waals surface area (Å²) < 4.78 is 16.1. The van der Waals surface area contributed by atoms with Crippen LogP contribution in [0, 0.1) is 12.7 Å². The van der Waals surface area contributed by atoms with E-state index in [0.717, 1.165) is 18.7 Å². The van der Waals surface area contributed by atoms with Gasteiger partial charge in [-0.1, -0.05) is 17.7 Å². The molecule has 1 saturated heterocycles. The molecule has 1 unspecified atom stereocenters. The third kappa shape index (κ3) is 2.98. The van der Waals surface area contributed by atoms with Gasteiger partial charge in [-0.15, -0.1) is 0 Å². The quantitative estimate of drug-likeness (QED) is 0.842. The molecule has 0 radical (unpaired) electrons. The van der Waals surface area contributed by atoms with Crippen molar-refractivity contribution in [2.45, 2.75) is 25.7 Å². The SMILES string of the molecule is Cc1ccc(F)c(C(=O)N2CCCC(c3nccn3C)C2)c1Cl. The van der Waals surface area contributed by atoms with Crippen LogP contribution in [-0.2, 0) is 7.05 Å². The Morgan fingerprint density at radius 1 is 1.43 bits per heavy atom. The van der Waals surface area contributed by atoms with Crippen LogP contribution in [-0.4, -0.2) is 33.4 Å². The fourth-order valence-electron chi connectivity index (χ4n) is 3.15. The van der Waals surface area contributed by atoms with Crippen molar-refractivity contribution >= 4 is 17.5 Å². The van der Waals surface area contributed by atoms with Crippen molar-refractivity contribution in [3.05, 3.63) is 52.3 Å². The number of rotatable bonds is 2. The maximum atomic E-state index is 14.1. The Morgan fingerprint density at radius 2 is 2.22 bits per heavy atom. The van der Waals surface area contributed by atoms with Crippen molar-refractivity contribution in [1.29, 1.82) is 0 Å². The van der Waals surface area contributed by atoms with Crippen LogP contribution < -0.4 is 0 Å². The van der Waals surface area contributed by atoms with E-state index in [2.05, 4.69) is 4.98 Å². The second-order valence-corrected chi connectivity index (χ2v) is 6.42. The fraction of sp³-hybridized carbons (Fsp3) is 0.412. The Bertz CT molecular complexity index is 743. The Morgan fingerprint density at radius 3 is 2.91 bits per heavy atom. The summed E-state index contributed by atoms with van der Waals surface area (Å²) in [6.45, 7) is 2.92. The molecule has 1 aromatic carbocycles. The maximum absolute atomic E-state index is 14.1. The molecule has 0 bridgehead atoms. The molecule has 1 atom stereocenters. The van der Waals surface area contributed by atoms with Crippen molar-refractivity contribution in [2.75, 3.05) is 13.1 Å². The van der Waals surface area contributed by atoms with Crippen LogP contribution in [0.15, 0.2) is 24.5 Å². The second kappa shape index (κ2) is 6.32. The van der Waals surface area contributed by atoms with Gasteiger partial charge in [0.15, 0.2) is 0 Å². The van der Waals surface area contributed by atoms with E-state index in [4.69, 9.17) is 11.6 Å². The lowest BCUT2D eigenvalue weighted by molar-refractivity contribution is 0.0699. The zero-order chi connectivity index (χ0) is 16.6. The molecule has 1 aliphatic rings. The summed E-state index contributed by atoms with van der Waals surface area (Å²) in [5.41, 5.74) is 0.682. The lowest BCUT2D eigenvalue weighted by Gasteiger charge is -2.32. The first-order chi connectivity index (χ1) is 11.0. The van der Waals surface area contributed by atoms with E-state index < -0.39 is 5.82 Å². The second-order valence-electron chi connectivity index (χ2n) is 6.04. The van der Waals surface area contributed by atoms with E-state index in [-0.39, 0.29) is 22.4 Å². The monoisotopic (exact) mass is 335 g/mol. The van der Waals surface area contributed by atoms with Crippen LogP contribution in [0.5, 0.6) is 0 Å². The van der Waals surface area contributed by atoms with Crippen molar-refractivity contribution in [3.63, 3.8) is 0 Å². The number of aromatic nitrogens is 2. The van der Waals surface area contributed by atoms with E-state index in [1.54, 1.807) is 24.1 Å². The van der Waals surface area contributed by atoms with Gasteiger partial charge in [-0.25, -0.2) is 9.37 Å². The molecule has 3 rings (SSSR count). The van der Waals surface area contributed by atoms with Crippen LogP contribution in [0.4, 0.5) is 4.39 Å². The average molecular weight is 336 g/mol. The van der Waals surface area contributed by atoms with E-state index in [1.807, 2.05) is 17.8 Å². The maximum Gasteiger partial charge on any atom is 0.258 e. The van der Waals surface area contributed by atoms with Crippen LogP contribution in [0.1, 0.15) is 40.5 Å². The highest BCUT2D eigenvalue weighted by atomic mass is 35.5. The molecule has 1 amide bonds. The first-order valence-corrected chi connectivity index (χ1v) is 8.08. The van der Waals surface area contributed by atoms with Crippen molar-refractivity contribution in [2.24, 2.45) is 7.05 Å². The van der Waals surface area contributed by atoms with Gasteiger partial charge in [0, 0.05) is 38.4 Å². The van der Waals surface area contributed by atoms with E-state index >= 15 is 0 Å². The molecule has 1 aromatic heterocycles.